The summed E-state index contributed by atoms with van der Waals surface area (Å²) < 4.78 is 0. The highest BCUT2D eigenvalue weighted by molar-refractivity contribution is 5.95. The molecule has 1 aliphatic heterocycles. The molecular formula is C21H23N3O3. The number of urea groups is 1. The number of hydrogen-bond acceptors (Lipinski definition) is 3. The van der Waals surface area contributed by atoms with Crippen LogP contribution in [0.2, 0.25) is 0 Å². The molecule has 3 rings (SSSR count). The number of carbonyl (C=O) groups excluding carboxylic acids is 3. The summed E-state index contributed by atoms with van der Waals surface area (Å²) in [6, 6.07) is 15.9. The molecule has 3 amide bonds. The molecule has 2 aromatic carbocycles. The molecule has 0 spiro atoms. The summed E-state index contributed by atoms with van der Waals surface area (Å²) >= 11 is 0. The molecule has 6 heteroatoms. The number of hydrogen-bond donors (Lipinski definition) is 2. The number of ketones is 1. The first kappa shape index (κ1) is 18.6. The maximum atomic E-state index is 12.4. The van der Waals surface area contributed by atoms with E-state index < -0.39 is 0 Å². The predicted octanol–water partition coefficient (Wildman–Crippen LogP) is 3.32. The number of rotatable bonds is 4. The molecule has 1 heterocycles. The normalized spacial score (nSPS) is 14.5. The Balaban J connectivity index is 1.47. The second kappa shape index (κ2) is 8.49. The van der Waals surface area contributed by atoms with Gasteiger partial charge in [-0.15, -0.1) is 0 Å². The van der Waals surface area contributed by atoms with Gasteiger partial charge in [-0.3, -0.25) is 9.59 Å². The standard InChI is InChI=1S/C21H23N3O3/c1-15(25)16-7-9-18(10-8-16)23-21(27)24-13-11-19(12-14-24)22-20(26)17-5-3-2-4-6-17/h2-10,19H,11-14H2,1H3,(H,22,26)(H,23,27). The lowest BCUT2D eigenvalue weighted by Gasteiger charge is -2.32. The van der Waals surface area contributed by atoms with Gasteiger partial charge in [0, 0.05) is 35.9 Å². The van der Waals surface area contributed by atoms with Crippen molar-refractivity contribution in [1.29, 1.82) is 0 Å². The zero-order valence-corrected chi connectivity index (χ0v) is 15.3. The molecule has 0 radical (unpaired) electrons. The van der Waals surface area contributed by atoms with Gasteiger partial charge in [-0.2, -0.15) is 0 Å². The monoisotopic (exact) mass is 365 g/mol. The Morgan fingerprint density at radius 1 is 0.889 bits per heavy atom. The third-order valence-corrected chi connectivity index (χ3v) is 4.70. The van der Waals surface area contributed by atoms with Crippen molar-refractivity contribution in [1.82, 2.24) is 10.2 Å². The Labute approximate surface area is 158 Å². The first-order chi connectivity index (χ1) is 13.0. The quantitative estimate of drug-likeness (QED) is 0.816. The van der Waals surface area contributed by atoms with Gasteiger partial charge in [0.1, 0.15) is 0 Å². The number of piperidine rings is 1. The largest absolute Gasteiger partial charge is 0.349 e. The van der Waals surface area contributed by atoms with Gasteiger partial charge in [-0.1, -0.05) is 18.2 Å². The SMILES string of the molecule is CC(=O)c1ccc(NC(=O)N2CCC(NC(=O)c3ccccc3)CC2)cc1. The maximum absolute atomic E-state index is 12.4. The molecule has 2 N–H and O–H groups in total. The molecule has 6 nitrogen and oxygen atoms in total. The average Bonchev–Trinajstić information content (AvgIpc) is 2.69. The Morgan fingerprint density at radius 2 is 1.52 bits per heavy atom. The second-order valence-electron chi connectivity index (χ2n) is 6.66. The lowest BCUT2D eigenvalue weighted by Crippen LogP contribution is -2.47. The van der Waals surface area contributed by atoms with E-state index >= 15 is 0 Å². The molecule has 0 saturated carbocycles. The van der Waals surface area contributed by atoms with E-state index in [1.54, 1.807) is 41.3 Å². The van der Waals surface area contributed by atoms with Crippen LogP contribution in [0.15, 0.2) is 54.6 Å². The predicted molar refractivity (Wildman–Crippen MR) is 104 cm³/mol. The van der Waals surface area contributed by atoms with E-state index in [0.717, 1.165) is 12.8 Å². The summed E-state index contributed by atoms with van der Waals surface area (Å²) in [5, 5.41) is 5.88. The fourth-order valence-corrected chi connectivity index (χ4v) is 3.08. The highest BCUT2D eigenvalue weighted by Gasteiger charge is 2.24. The first-order valence-corrected chi connectivity index (χ1v) is 9.06. The Hall–Kier alpha value is -3.15. The fourth-order valence-electron chi connectivity index (χ4n) is 3.08. The summed E-state index contributed by atoms with van der Waals surface area (Å²) in [6.45, 7) is 2.67. The van der Waals surface area contributed by atoms with Gasteiger partial charge in [0.15, 0.2) is 5.78 Å². The molecule has 1 fully saturated rings. The summed E-state index contributed by atoms with van der Waals surface area (Å²) in [4.78, 5) is 37.7. The summed E-state index contributed by atoms with van der Waals surface area (Å²) in [5.41, 5.74) is 1.92. The van der Waals surface area contributed by atoms with Gasteiger partial charge in [-0.05, 0) is 56.2 Å². The average molecular weight is 365 g/mol. The van der Waals surface area contributed by atoms with Crippen LogP contribution in [0.3, 0.4) is 0 Å². The van der Waals surface area contributed by atoms with E-state index in [1.807, 2.05) is 18.2 Å². The number of Topliss-reactive ketones (excluding diaryl/α,β-unsaturated/α-hetero) is 1. The van der Waals surface area contributed by atoms with E-state index in [9.17, 15) is 14.4 Å². The van der Waals surface area contributed by atoms with E-state index in [4.69, 9.17) is 0 Å². The zero-order chi connectivity index (χ0) is 19.2. The molecule has 0 atom stereocenters. The van der Waals surface area contributed by atoms with Crippen LogP contribution in [-0.2, 0) is 0 Å². The van der Waals surface area contributed by atoms with Crippen LogP contribution in [0, 0.1) is 0 Å². The summed E-state index contributed by atoms with van der Waals surface area (Å²) in [7, 11) is 0. The van der Waals surface area contributed by atoms with Gasteiger partial charge in [0.2, 0.25) is 0 Å². The molecule has 0 unspecified atom stereocenters. The fraction of sp³-hybridized carbons (Fsp3) is 0.286. The zero-order valence-electron chi connectivity index (χ0n) is 15.3. The highest BCUT2D eigenvalue weighted by atomic mass is 16.2. The van der Waals surface area contributed by atoms with Crippen LogP contribution in [-0.4, -0.2) is 41.8 Å². The van der Waals surface area contributed by atoms with Crippen molar-refractivity contribution >= 4 is 23.4 Å². The lowest BCUT2D eigenvalue weighted by molar-refractivity contribution is 0.0918. The van der Waals surface area contributed by atoms with Gasteiger partial charge in [-0.25, -0.2) is 4.79 Å². The minimum atomic E-state index is -0.168. The number of benzene rings is 2. The van der Waals surface area contributed by atoms with E-state index in [1.165, 1.54) is 6.92 Å². The Morgan fingerprint density at radius 3 is 2.11 bits per heavy atom. The molecule has 140 valence electrons. The van der Waals surface area contributed by atoms with Gasteiger partial charge in [0.25, 0.3) is 5.91 Å². The van der Waals surface area contributed by atoms with E-state index in [-0.39, 0.29) is 23.8 Å². The molecule has 0 bridgehead atoms. The third kappa shape index (κ3) is 4.94. The third-order valence-electron chi connectivity index (χ3n) is 4.70. The maximum Gasteiger partial charge on any atom is 0.321 e. The van der Waals surface area contributed by atoms with Crippen molar-refractivity contribution < 1.29 is 14.4 Å². The molecule has 0 aliphatic carbocycles. The number of amides is 3. The number of likely N-dealkylation sites (tertiary alicyclic amines) is 1. The minimum Gasteiger partial charge on any atom is -0.349 e. The molecule has 27 heavy (non-hydrogen) atoms. The van der Waals surface area contributed by atoms with Crippen molar-refractivity contribution in [2.24, 2.45) is 0 Å². The van der Waals surface area contributed by atoms with Crippen LogP contribution >= 0.6 is 0 Å². The minimum absolute atomic E-state index is 0.00695. The summed E-state index contributed by atoms with van der Waals surface area (Å²) in [6.07, 6.45) is 1.44. The van der Waals surface area contributed by atoms with Crippen molar-refractivity contribution in [3.8, 4) is 0 Å². The molecule has 0 aromatic heterocycles. The van der Waals surface area contributed by atoms with Crippen LogP contribution < -0.4 is 10.6 Å². The highest BCUT2D eigenvalue weighted by Crippen LogP contribution is 2.15. The Kier molecular flexibility index (Phi) is 5.86. The lowest BCUT2D eigenvalue weighted by atomic mass is 10.0. The molecule has 2 aromatic rings. The van der Waals surface area contributed by atoms with Crippen LogP contribution in [0.4, 0.5) is 10.5 Å². The van der Waals surface area contributed by atoms with Crippen molar-refractivity contribution in [3.05, 3.63) is 65.7 Å². The van der Waals surface area contributed by atoms with Gasteiger partial charge >= 0.3 is 6.03 Å². The number of nitrogens with one attached hydrogen (secondary N) is 2. The Bertz CT molecular complexity index is 810. The number of anilines is 1. The number of carbonyl (C=O) groups is 3. The molecule has 1 saturated heterocycles. The van der Waals surface area contributed by atoms with Crippen molar-refractivity contribution in [3.63, 3.8) is 0 Å². The van der Waals surface area contributed by atoms with Crippen LogP contribution in [0.25, 0.3) is 0 Å². The second-order valence-corrected chi connectivity index (χ2v) is 6.66. The van der Waals surface area contributed by atoms with Gasteiger partial charge < -0.3 is 15.5 Å². The van der Waals surface area contributed by atoms with Crippen LogP contribution in [0.5, 0.6) is 0 Å². The number of nitrogens with zero attached hydrogens (tertiary/aromatic N) is 1. The van der Waals surface area contributed by atoms with Crippen molar-refractivity contribution in [2.75, 3.05) is 18.4 Å². The first-order valence-electron chi connectivity index (χ1n) is 9.06. The summed E-state index contributed by atoms with van der Waals surface area (Å²) in [5.74, 6) is -0.0865. The smallest absolute Gasteiger partial charge is 0.321 e. The molecular weight excluding hydrogens is 342 g/mol. The topological polar surface area (TPSA) is 78.5 Å². The molecule has 1 aliphatic rings. The van der Waals surface area contributed by atoms with E-state index in [0.29, 0.717) is 29.9 Å². The van der Waals surface area contributed by atoms with Gasteiger partial charge in [0.05, 0.1) is 0 Å². The van der Waals surface area contributed by atoms with Crippen LogP contribution in [0.1, 0.15) is 40.5 Å². The van der Waals surface area contributed by atoms with E-state index in [2.05, 4.69) is 10.6 Å². The van der Waals surface area contributed by atoms with Crippen molar-refractivity contribution in [2.45, 2.75) is 25.8 Å².